The number of aromatic amines is 1. The van der Waals surface area contributed by atoms with Crippen LogP contribution in [0.15, 0.2) is 11.0 Å². The van der Waals surface area contributed by atoms with Gasteiger partial charge in [0.15, 0.2) is 5.65 Å². The number of nitrogens with zero attached hydrogens (tertiary/aromatic N) is 3. The lowest BCUT2D eigenvalue weighted by atomic mass is 10.2. The van der Waals surface area contributed by atoms with Crippen LogP contribution in [-0.4, -0.2) is 19.7 Å². The minimum absolute atomic E-state index is 0.156. The predicted molar refractivity (Wildman–Crippen MR) is 68.3 cm³/mol. The molecule has 18 heavy (non-hydrogen) atoms. The molecule has 0 amide bonds. The topological polar surface area (TPSA) is 89.6 Å². The normalized spacial score (nSPS) is 18.6. The summed E-state index contributed by atoms with van der Waals surface area (Å²) in [5.41, 5.74) is 6.29. The monoisotopic (exact) mass is 247 g/mol. The van der Waals surface area contributed by atoms with Crippen molar-refractivity contribution in [2.24, 2.45) is 5.73 Å². The lowest BCUT2D eigenvalue weighted by Gasteiger charge is -2.11. The maximum Gasteiger partial charge on any atom is 0.262 e. The first-order chi connectivity index (χ1) is 8.66. The van der Waals surface area contributed by atoms with Crippen LogP contribution in [0, 0.1) is 0 Å². The van der Waals surface area contributed by atoms with E-state index in [0.717, 1.165) is 12.8 Å². The minimum atomic E-state index is -0.283. The Morgan fingerprint density at radius 2 is 2.22 bits per heavy atom. The number of nitrogens with one attached hydrogen (secondary N) is 1. The van der Waals surface area contributed by atoms with E-state index < -0.39 is 0 Å². The van der Waals surface area contributed by atoms with Crippen LogP contribution < -0.4 is 11.3 Å². The highest BCUT2D eigenvalue weighted by Gasteiger charge is 2.21. The molecule has 1 atom stereocenters. The first kappa shape index (κ1) is 11.4. The summed E-state index contributed by atoms with van der Waals surface area (Å²) in [5.74, 6) is 0.521. The summed E-state index contributed by atoms with van der Waals surface area (Å²) in [4.78, 5) is 19.1. The van der Waals surface area contributed by atoms with Crippen LogP contribution in [0.1, 0.15) is 50.5 Å². The molecule has 6 heteroatoms. The van der Waals surface area contributed by atoms with Gasteiger partial charge in [-0.25, -0.2) is 9.67 Å². The molecule has 0 aliphatic heterocycles. The molecule has 0 saturated heterocycles. The van der Waals surface area contributed by atoms with Gasteiger partial charge in [-0.05, 0) is 19.8 Å². The molecule has 0 bridgehead atoms. The molecule has 2 aromatic heterocycles. The SMILES string of the molecule is CC(N)c1nc2c(cnn2C2CCCC2)c(=O)[nH]1. The number of rotatable bonds is 2. The van der Waals surface area contributed by atoms with Gasteiger partial charge in [-0.1, -0.05) is 12.8 Å². The van der Waals surface area contributed by atoms with Crippen molar-refractivity contribution >= 4 is 11.0 Å². The Labute approximate surface area is 104 Å². The minimum Gasteiger partial charge on any atom is -0.322 e. The van der Waals surface area contributed by atoms with E-state index in [2.05, 4.69) is 15.1 Å². The van der Waals surface area contributed by atoms with Gasteiger partial charge in [-0.2, -0.15) is 5.10 Å². The average Bonchev–Trinajstić information content (AvgIpc) is 2.96. The van der Waals surface area contributed by atoms with Crippen molar-refractivity contribution in [3.63, 3.8) is 0 Å². The molecule has 2 heterocycles. The maximum absolute atomic E-state index is 11.9. The Morgan fingerprint density at radius 1 is 1.50 bits per heavy atom. The molecule has 1 fully saturated rings. The first-order valence-corrected chi connectivity index (χ1v) is 6.40. The third-order valence-electron chi connectivity index (χ3n) is 3.58. The van der Waals surface area contributed by atoms with Gasteiger partial charge >= 0.3 is 0 Å². The summed E-state index contributed by atoms with van der Waals surface area (Å²) in [5, 5.41) is 4.88. The van der Waals surface area contributed by atoms with E-state index in [1.807, 2.05) is 4.68 Å². The second-order valence-corrected chi connectivity index (χ2v) is 5.00. The largest absolute Gasteiger partial charge is 0.322 e. The summed E-state index contributed by atoms with van der Waals surface area (Å²) >= 11 is 0. The highest BCUT2D eigenvalue weighted by atomic mass is 16.1. The quantitative estimate of drug-likeness (QED) is 0.835. The zero-order chi connectivity index (χ0) is 12.7. The predicted octanol–water partition coefficient (Wildman–Crippen LogP) is 1.25. The van der Waals surface area contributed by atoms with Crippen LogP contribution in [0.4, 0.5) is 0 Å². The van der Waals surface area contributed by atoms with Crippen molar-refractivity contribution < 1.29 is 0 Å². The standard InChI is InChI=1S/C12H17N5O/c1-7(13)10-15-11-9(12(18)16-10)6-14-17(11)8-4-2-3-5-8/h6-8H,2-5,13H2,1H3,(H,15,16,18). The number of hydrogen-bond donors (Lipinski definition) is 2. The average molecular weight is 247 g/mol. The lowest BCUT2D eigenvalue weighted by Crippen LogP contribution is -2.18. The highest BCUT2D eigenvalue weighted by molar-refractivity contribution is 5.73. The van der Waals surface area contributed by atoms with E-state index in [1.54, 1.807) is 13.1 Å². The van der Waals surface area contributed by atoms with E-state index in [1.165, 1.54) is 12.8 Å². The summed E-state index contributed by atoms with van der Waals surface area (Å²) < 4.78 is 1.89. The zero-order valence-electron chi connectivity index (χ0n) is 10.4. The molecule has 3 N–H and O–H groups in total. The molecular formula is C12H17N5O. The van der Waals surface area contributed by atoms with Crippen molar-refractivity contribution in [3.05, 3.63) is 22.4 Å². The van der Waals surface area contributed by atoms with Crippen LogP contribution in [0.2, 0.25) is 0 Å². The number of fused-ring (bicyclic) bond motifs is 1. The Bertz CT molecular complexity index is 621. The molecule has 1 unspecified atom stereocenters. The number of aromatic nitrogens is 4. The Morgan fingerprint density at radius 3 is 2.89 bits per heavy atom. The second kappa shape index (κ2) is 4.20. The summed E-state index contributed by atoms with van der Waals surface area (Å²) in [7, 11) is 0. The molecule has 1 aliphatic rings. The smallest absolute Gasteiger partial charge is 0.262 e. The Hall–Kier alpha value is -1.69. The van der Waals surface area contributed by atoms with Crippen molar-refractivity contribution in [1.82, 2.24) is 19.7 Å². The van der Waals surface area contributed by atoms with Crippen molar-refractivity contribution in [3.8, 4) is 0 Å². The van der Waals surface area contributed by atoms with Gasteiger partial charge < -0.3 is 10.7 Å². The summed E-state index contributed by atoms with van der Waals surface area (Å²) in [6, 6.07) is 0.0896. The zero-order valence-corrected chi connectivity index (χ0v) is 10.4. The van der Waals surface area contributed by atoms with E-state index in [-0.39, 0.29) is 11.6 Å². The fourth-order valence-corrected chi connectivity index (χ4v) is 2.58. The molecule has 3 rings (SSSR count). The molecular weight excluding hydrogens is 230 g/mol. The van der Waals surface area contributed by atoms with E-state index in [0.29, 0.717) is 22.9 Å². The molecule has 6 nitrogen and oxygen atoms in total. The van der Waals surface area contributed by atoms with Gasteiger partial charge in [0.05, 0.1) is 18.3 Å². The van der Waals surface area contributed by atoms with Gasteiger partial charge in [0, 0.05) is 0 Å². The molecule has 0 radical (unpaired) electrons. The molecule has 2 aromatic rings. The maximum atomic E-state index is 11.9. The van der Waals surface area contributed by atoms with Crippen LogP contribution in [0.5, 0.6) is 0 Å². The van der Waals surface area contributed by atoms with E-state index in [4.69, 9.17) is 5.73 Å². The second-order valence-electron chi connectivity index (χ2n) is 5.00. The molecule has 0 aromatic carbocycles. The van der Waals surface area contributed by atoms with Gasteiger partial charge in [-0.3, -0.25) is 4.79 Å². The van der Waals surface area contributed by atoms with Crippen LogP contribution in [-0.2, 0) is 0 Å². The Balaban J connectivity index is 2.18. The van der Waals surface area contributed by atoms with Gasteiger partial charge in [0.2, 0.25) is 0 Å². The lowest BCUT2D eigenvalue weighted by molar-refractivity contribution is 0.477. The number of H-pyrrole nitrogens is 1. The highest BCUT2D eigenvalue weighted by Crippen LogP contribution is 2.30. The van der Waals surface area contributed by atoms with Crippen LogP contribution in [0.3, 0.4) is 0 Å². The molecule has 1 aliphatic carbocycles. The Kier molecular flexibility index (Phi) is 2.66. The van der Waals surface area contributed by atoms with Crippen LogP contribution >= 0.6 is 0 Å². The van der Waals surface area contributed by atoms with E-state index in [9.17, 15) is 4.79 Å². The fourth-order valence-electron chi connectivity index (χ4n) is 2.58. The van der Waals surface area contributed by atoms with Crippen molar-refractivity contribution in [2.75, 3.05) is 0 Å². The number of hydrogen-bond acceptors (Lipinski definition) is 4. The fraction of sp³-hybridized carbons (Fsp3) is 0.583. The van der Waals surface area contributed by atoms with Gasteiger partial charge in [0.25, 0.3) is 5.56 Å². The molecule has 0 spiro atoms. The van der Waals surface area contributed by atoms with Gasteiger partial charge in [-0.15, -0.1) is 0 Å². The number of nitrogens with two attached hydrogens (primary N) is 1. The first-order valence-electron chi connectivity index (χ1n) is 6.40. The van der Waals surface area contributed by atoms with Gasteiger partial charge in [0.1, 0.15) is 11.2 Å². The summed E-state index contributed by atoms with van der Waals surface area (Å²) in [6.07, 6.45) is 6.26. The molecule has 1 saturated carbocycles. The van der Waals surface area contributed by atoms with E-state index >= 15 is 0 Å². The van der Waals surface area contributed by atoms with Crippen molar-refractivity contribution in [1.29, 1.82) is 0 Å². The van der Waals surface area contributed by atoms with Crippen molar-refractivity contribution in [2.45, 2.75) is 44.7 Å². The van der Waals surface area contributed by atoms with Crippen LogP contribution in [0.25, 0.3) is 11.0 Å². The third-order valence-corrected chi connectivity index (χ3v) is 3.58. The molecule has 96 valence electrons. The summed E-state index contributed by atoms with van der Waals surface area (Å²) in [6.45, 7) is 1.81. The third kappa shape index (κ3) is 1.73.